The molecule has 2 rings (SSSR count). The summed E-state index contributed by atoms with van der Waals surface area (Å²) in [5.74, 6) is -0.666. The van der Waals surface area contributed by atoms with E-state index in [4.69, 9.17) is 9.47 Å². The number of amides is 2. The zero-order valence-corrected chi connectivity index (χ0v) is 22.0. The first kappa shape index (κ1) is 28.2. The molecule has 0 aliphatic rings. The lowest BCUT2D eigenvalue weighted by Crippen LogP contribution is -2.53. The number of methoxy groups -OCH3 is 1. The molecule has 0 aliphatic carbocycles. The van der Waals surface area contributed by atoms with Crippen LogP contribution in [0.15, 0.2) is 53.6 Å². The Morgan fingerprint density at radius 3 is 2.31 bits per heavy atom. The summed E-state index contributed by atoms with van der Waals surface area (Å²) in [4.78, 5) is 43.1. The number of nitrogens with one attached hydrogen (secondary N) is 2. The predicted molar refractivity (Wildman–Crippen MR) is 137 cm³/mol. The first-order valence-corrected chi connectivity index (χ1v) is 12.5. The Balaban J connectivity index is 2.10. The van der Waals surface area contributed by atoms with Crippen LogP contribution in [-0.2, 0) is 19.1 Å². The van der Waals surface area contributed by atoms with Gasteiger partial charge in [-0.25, -0.2) is 9.59 Å². The Morgan fingerprint density at radius 2 is 1.71 bits per heavy atom. The number of alkyl carbamates (subject to hydrolysis) is 1. The second-order valence-corrected chi connectivity index (χ2v) is 10.6. The molecule has 1 aromatic carbocycles. The van der Waals surface area contributed by atoms with Crippen LogP contribution in [0.1, 0.15) is 41.0 Å². The van der Waals surface area contributed by atoms with Crippen LogP contribution in [0.2, 0.25) is 0 Å². The van der Waals surface area contributed by atoms with Crippen LogP contribution in [0.3, 0.4) is 0 Å². The monoisotopic (exact) mass is 501 g/mol. The summed E-state index contributed by atoms with van der Waals surface area (Å²) < 4.78 is 10.2. The average Bonchev–Trinajstić information content (AvgIpc) is 2.80. The third-order valence-corrected chi connectivity index (χ3v) is 5.82. The number of ether oxygens (including phenoxy) is 2. The molecule has 0 aliphatic heterocycles. The molecule has 0 saturated heterocycles. The summed E-state index contributed by atoms with van der Waals surface area (Å²) in [5.41, 5.74) is 1.10. The van der Waals surface area contributed by atoms with Crippen molar-refractivity contribution in [2.24, 2.45) is 5.92 Å². The third-order valence-electron chi connectivity index (χ3n) is 4.73. The smallest absolute Gasteiger partial charge is 0.408 e. The van der Waals surface area contributed by atoms with Gasteiger partial charge in [-0.1, -0.05) is 44.2 Å². The van der Waals surface area contributed by atoms with Crippen molar-refractivity contribution < 1.29 is 23.9 Å². The lowest BCUT2D eigenvalue weighted by atomic mass is 10.0. The van der Waals surface area contributed by atoms with Gasteiger partial charge in [-0.3, -0.25) is 9.78 Å². The molecule has 8 nitrogen and oxygen atoms in total. The van der Waals surface area contributed by atoms with Crippen LogP contribution in [-0.4, -0.2) is 53.5 Å². The molecule has 0 bridgehead atoms. The SMILES string of the molecule is COC(=O)[C@H](CSc1ccnc(-c2ccccc2)c1)NC(=O)[C@H](CC(C)C)NC(=O)OC(C)(C)C. The van der Waals surface area contributed by atoms with Gasteiger partial charge in [0.05, 0.1) is 12.8 Å². The normalized spacial score (nSPS) is 13.0. The van der Waals surface area contributed by atoms with Gasteiger partial charge >= 0.3 is 12.1 Å². The van der Waals surface area contributed by atoms with Gasteiger partial charge in [-0.05, 0) is 45.2 Å². The standard InChI is InChI=1S/C26H35N3O5S/c1-17(2)14-21(29-25(32)34-26(3,4)5)23(30)28-22(24(31)33-6)16-35-19-12-13-27-20(15-19)18-10-8-7-9-11-18/h7-13,15,17,21-22H,14,16H2,1-6H3,(H,28,30)(H,29,32)/t21-,22-/m0/s1. The summed E-state index contributed by atoms with van der Waals surface area (Å²) in [6.07, 6.45) is 1.41. The van der Waals surface area contributed by atoms with Crippen LogP contribution < -0.4 is 10.6 Å². The van der Waals surface area contributed by atoms with Gasteiger partial charge in [0.2, 0.25) is 5.91 Å². The number of pyridine rings is 1. The van der Waals surface area contributed by atoms with Gasteiger partial charge in [-0.15, -0.1) is 11.8 Å². The van der Waals surface area contributed by atoms with Crippen LogP contribution in [0.4, 0.5) is 4.79 Å². The highest BCUT2D eigenvalue weighted by Crippen LogP contribution is 2.24. The van der Waals surface area contributed by atoms with Gasteiger partial charge in [0.15, 0.2) is 0 Å². The van der Waals surface area contributed by atoms with E-state index in [0.717, 1.165) is 16.2 Å². The maximum atomic E-state index is 13.1. The number of carbonyl (C=O) groups is 3. The van der Waals surface area contributed by atoms with Crippen LogP contribution in [0.25, 0.3) is 11.3 Å². The van der Waals surface area contributed by atoms with Crippen molar-refractivity contribution in [1.29, 1.82) is 0 Å². The zero-order chi connectivity index (χ0) is 26.0. The van der Waals surface area contributed by atoms with E-state index in [9.17, 15) is 14.4 Å². The second-order valence-electron chi connectivity index (χ2n) is 9.47. The number of carbonyl (C=O) groups excluding carboxylic acids is 3. The Hall–Kier alpha value is -3.07. The molecule has 2 atom stereocenters. The van der Waals surface area contributed by atoms with Gasteiger partial charge < -0.3 is 20.1 Å². The highest BCUT2D eigenvalue weighted by atomic mass is 32.2. The first-order valence-electron chi connectivity index (χ1n) is 11.5. The van der Waals surface area contributed by atoms with E-state index in [1.54, 1.807) is 27.0 Å². The summed E-state index contributed by atoms with van der Waals surface area (Å²) >= 11 is 1.40. The van der Waals surface area contributed by atoms with E-state index >= 15 is 0 Å². The molecule has 2 aromatic rings. The highest BCUT2D eigenvalue weighted by molar-refractivity contribution is 7.99. The first-order chi connectivity index (χ1) is 16.5. The van der Waals surface area contributed by atoms with Crippen molar-refractivity contribution in [1.82, 2.24) is 15.6 Å². The Morgan fingerprint density at radius 1 is 1.03 bits per heavy atom. The maximum absolute atomic E-state index is 13.1. The predicted octanol–water partition coefficient (Wildman–Crippen LogP) is 4.44. The fourth-order valence-electron chi connectivity index (χ4n) is 3.18. The van der Waals surface area contributed by atoms with Gasteiger partial charge in [-0.2, -0.15) is 0 Å². The molecule has 0 fully saturated rings. The van der Waals surface area contributed by atoms with E-state index in [-0.39, 0.29) is 11.7 Å². The van der Waals surface area contributed by atoms with Crippen LogP contribution in [0, 0.1) is 5.92 Å². The molecule has 190 valence electrons. The summed E-state index contributed by atoms with van der Waals surface area (Å²) in [6.45, 7) is 9.13. The molecule has 0 radical (unpaired) electrons. The molecule has 0 spiro atoms. The molecule has 1 aromatic heterocycles. The van der Waals surface area contributed by atoms with Crippen molar-refractivity contribution in [2.75, 3.05) is 12.9 Å². The van der Waals surface area contributed by atoms with Gasteiger partial charge in [0.25, 0.3) is 0 Å². The molecule has 0 saturated carbocycles. The molecule has 1 heterocycles. The zero-order valence-electron chi connectivity index (χ0n) is 21.2. The van der Waals surface area contributed by atoms with Crippen molar-refractivity contribution in [3.63, 3.8) is 0 Å². The molecule has 9 heteroatoms. The lowest BCUT2D eigenvalue weighted by Gasteiger charge is -2.25. The maximum Gasteiger partial charge on any atom is 0.408 e. The largest absolute Gasteiger partial charge is 0.467 e. The fourth-order valence-corrected chi connectivity index (χ4v) is 4.11. The second kappa shape index (κ2) is 13.1. The number of benzene rings is 1. The highest BCUT2D eigenvalue weighted by Gasteiger charge is 2.29. The molecular weight excluding hydrogens is 466 g/mol. The molecular formula is C26H35N3O5S. The Bertz CT molecular complexity index is 992. The average molecular weight is 502 g/mol. The number of esters is 1. The number of aromatic nitrogens is 1. The number of nitrogens with zero attached hydrogens (tertiary/aromatic N) is 1. The molecule has 35 heavy (non-hydrogen) atoms. The van der Waals surface area contributed by atoms with Crippen LogP contribution >= 0.6 is 11.8 Å². The van der Waals surface area contributed by atoms with Gasteiger partial charge in [0, 0.05) is 22.4 Å². The van der Waals surface area contributed by atoms with E-state index in [1.165, 1.54) is 18.9 Å². The molecule has 0 unspecified atom stereocenters. The minimum atomic E-state index is -0.902. The van der Waals surface area contributed by atoms with Crippen molar-refractivity contribution in [3.05, 3.63) is 48.7 Å². The van der Waals surface area contributed by atoms with E-state index < -0.39 is 35.7 Å². The minimum absolute atomic E-state index is 0.125. The third kappa shape index (κ3) is 9.98. The Labute approximate surface area is 211 Å². The summed E-state index contributed by atoms with van der Waals surface area (Å²) in [6, 6.07) is 11.8. The van der Waals surface area contributed by atoms with E-state index in [0.29, 0.717) is 6.42 Å². The van der Waals surface area contributed by atoms with Crippen molar-refractivity contribution in [3.8, 4) is 11.3 Å². The van der Waals surface area contributed by atoms with Crippen molar-refractivity contribution >= 4 is 29.7 Å². The Kier molecular flexibility index (Phi) is 10.6. The quantitative estimate of drug-likeness (QED) is 0.366. The number of thioether (sulfide) groups is 1. The summed E-state index contributed by atoms with van der Waals surface area (Å²) in [5, 5.41) is 5.36. The fraction of sp³-hybridized carbons (Fsp3) is 0.462. The van der Waals surface area contributed by atoms with Crippen LogP contribution in [0.5, 0.6) is 0 Å². The lowest BCUT2D eigenvalue weighted by molar-refractivity contribution is -0.144. The number of rotatable bonds is 10. The number of hydrogen-bond donors (Lipinski definition) is 2. The molecule has 2 N–H and O–H groups in total. The molecule has 2 amide bonds. The topological polar surface area (TPSA) is 107 Å². The minimum Gasteiger partial charge on any atom is -0.467 e. The van der Waals surface area contributed by atoms with E-state index in [2.05, 4.69) is 15.6 Å². The van der Waals surface area contributed by atoms with Gasteiger partial charge in [0.1, 0.15) is 17.7 Å². The van der Waals surface area contributed by atoms with E-state index in [1.807, 2.05) is 56.3 Å². The van der Waals surface area contributed by atoms with Crippen molar-refractivity contribution in [2.45, 2.75) is 63.6 Å². The summed E-state index contributed by atoms with van der Waals surface area (Å²) in [7, 11) is 1.27. The number of hydrogen-bond acceptors (Lipinski definition) is 7.